The van der Waals surface area contributed by atoms with Gasteiger partial charge in [0, 0.05) is 5.02 Å². The van der Waals surface area contributed by atoms with E-state index in [9.17, 15) is 4.79 Å². The smallest absolute Gasteiger partial charge is 0.274 e. The summed E-state index contributed by atoms with van der Waals surface area (Å²) < 4.78 is 3.98. The molecule has 4 nitrogen and oxygen atoms in total. The van der Waals surface area contributed by atoms with Crippen molar-refractivity contribution in [2.75, 3.05) is 11.9 Å². The maximum Gasteiger partial charge on any atom is 0.361 e. The van der Waals surface area contributed by atoms with Crippen LogP contribution in [0.2, 0.25) is 5.02 Å². The highest BCUT2D eigenvalue weighted by Gasteiger charge is 2.26. The molecule has 0 amide bonds. The summed E-state index contributed by atoms with van der Waals surface area (Å²) in [6, 6.07) is 15.6. The minimum Gasteiger partial charge on any atom is -0.274 e. The SMILES string of the molecule is O=c1c2ccccc2[n+](Cc2ccc(Cl)cc2)c2n1CCN2. The number of para-hydroxylation sites is 1. The number of rotatable bonds is 2. The Morgan fingerprint density at radius 3 is 2.73 bits per heavy atom. The highest BCUT2D eigenvalue weighted by Crippen LogP contribution is 2.15. The molecule has 4 rings (SSSR count). The van der Waals surface area contributed by atoms with Crippen molar-refractivity contribution in [1.82, 2.24) is 4.57 Å². The first-order valence-corrected chi connectivity index (χ1v) is 7.65. The highest BCUT2D eigenvalue weighted by atomic mass is 35.5. The summed E-state index contributed by atoms with van der Waals surface area (Å²) in [5, 5.41) is 4.81. The second kappa shape index (κ2) is 5.14. The van der Waals surface area contributed by atoms with E-state index < -0.39 is 0 Å². The summed E-state index contributed by atoms with van der Waals surface area (Å²) >= 11 is 5.96. The number of benzene rings is 2. The predicted molar refractivity (Wildman–Crippen MR) is 87.4 cm³/mol. The van der Waals surface area contributed by atoms with Gasteiger partial charge in [-0.15, -0.1) is 0 Å². The van der Waals surface area contributed by atoms with Crippen molar-refractivity contribution in [2.45, 2.75) is 13.1 Å². The quantitative estimate of drug-likeness (QED) is 0.738. The molecule has 1 aliphatic heterocycles. The summed E-state index contributed by atoms with van der Waals surface area (Å²) in [5.74, 6) is 0.874. The molecule has 5 heteroatoms. The van der Waals surface area contributed by atoms with Crippen molar-refractivity contribution in [3.63, 3.8) is 0 Å². The summed E-state index contributed by atoms with van der Waals surface area (Å²) in [5.41, 5.74) is 2.17. The van der Waals surface area contributed by atoms with Crippen LogP contribution in [0.4, 0.5) is 5.95 Å². The van der Waals surface area contributed by atoms with E-state index in [2.05, 4.69) is 9.88 Å². The number of aromatic nitrogens is 2. The van der Waals surface area contributed by atoms with Gasteiger partial charge in [-0.3, -0.25) is 10.1 Å². The largest absolute Gasteiger partial charge is 0.361 e. The second-order valence-electron chi connectivity index (χ2n) is 5.44. The minimum atomic E-state index is 0.0722. The number of fused-ring (bicyclic) bond motifs is 2. The Balaban J connectivity index is 1.95. The van der Waals surface area contributed by atoms with Gasteiger partial charge in [-0.1, -0.05) is 35.9 Å². The van der Waals surface area contributed by atoms with E-state index in [-0.39, 0.29) is 5.56 Å². The molecule has 1 aliphatic rings. The van der Waals surface area contributed by atoms with Gasteiger partial charge >= 0.3 is 11.5 Å². The van der Waals surface area contributed by atoms with Gasteiger partial charge in [0.25, 0.3) is 0 Å². The minimum absolute atomic E-state index is 0.0722. The Kier molecular flexibility index (Phi) is 3.12. The fraction of sp³-hybridized carbons (Fsp3) is 0.176. The molecule has 110 valence electrons. The van der Waals surface area contributed by atoms with Crippen molar-refractivity contribution < 1.29 is 4.57 Å². The number of hydrogen-bond acceptors (Lipinski definition) is 2. The lowest BCUT2D eigenvalue weighted by Crippen LogP contribution is -2.42. The molecule has 3 aromatic rings. The Morgan fingerprint density at radius 1 is 1.14 bits per heavy atom. The Bertz CT molecular complexity index is 916. The van der Waals surface area contributed by atoms with Crippen LogP contribution in [0.25, 0.3) is 10.9 Å². The molecule has 0 fully saturated rings. The van der Waals surface area contributed by atoms with Crippen molar-refractivity contribution in [3.05, 3.63) is 69.5 Å². The maximum atomic E-state index is 12.6. The molecule has 0 bridgehead atoms. The number of hydrogen-bond donors (Lipinski definition) is 1. The summed E-state index contributed by atoms with van der Waals surface area (Å²) in [4.78, 5) is 12.6. The average Bonchev–Trinajstić information content (AvgIpc) is 3.03. The van der Waals surface area contributed by atoms with Crippen molar-refractivity contribution in [2.24, 2.45) is 0 Å². The number of nitrogens with zero attached hydrogens (tertiary/aromatic N) is 2. The van der Waals surface area contributed by atoms with Gasteiger partial charge in [0.15, 0.2) is 0 Å². The van der Waals surface area contributed by atoms with Gasteiger partial charge in [-0.2, -0.15) is 4.57 Å². The lowest BCUT2D eigenvalue weighted by Gasteiger charge is -2.10. The lowest BCUT2D eigenvalue weighted by molar-refractivity contribution is -0.651. The topological polar surface area (TPSA) is 37.9 Å². The third kappa shape index (κ3) is 2.07. The van der Waals surface area contributed by atoms with Crippen LogP contribution < -0.4 is 15.4 Å². The van der Waals surface area contributed by atoms with E-state index in [1.54, 1.807) is 0 Å². The van der Waals surface area contributed by atoms with Gasteiger partial charge in [0.05, 0.1) is 18.5 Å². The fourth-order valence-electron chi connectivity index (χ4n) is 3.00. The maximum absolute atomic E-state index is 12.6. The first-order chi connectivity index (χ1) is 10.7. The normalized spacial score (nSPS) is 13.1. The average molecular weight is 313 g/mol. The van der Waals surface area contributed by atoms with E-state index in [0.29, 0.717) is 13.1 Å². The molecule has 0 saturated carbocycles. The number of nitrogens with one attached hydrogen (secondary N) is 1. The molecule has 0 saturated heterocycles. The Hall–Kier alpha value is -2.33. The summed E-state index contributed by atoms with van der Waals surface area (Å²) in [6.45, 7) is 2.19. The van der Waals surface area contributed by atoms with Crippen molar-refractivity contribution in [3.8, 4) is 0 Å². The number of halogens is 1. The van der Waals surface area contributed by atoms with Crippen molar-refractivity contribution in [1.29, 1.82) is 0 Å². The van der Waals surface area contributed by atoms with Gasteiger partial charge < -0.3 is 0 Å². The Morgan fingerprint density at radius 2 is 1.91 bits per heavy atom. The van der Waals surface area contributed by atoms with Gasteiger partial charge in [0.1, 0.15) is 12.1 Å². The molecule has 1 N–H and O–H groups in total. The number of anilines is 1. The van der Waals surface area contributed by atoms with Gasteiger partial charge in [-0.05, 0) is 29.8 Å². The summed E-state index contributed by atoms with van der Waals surface area (Å²) in [7, 11) is 0. The van der Waals surface area contributed by atoms with E-state index in [4.69, 9.17) is 11.6 Å². The van der Waals surface area contributed by atoms with Crippen LogP contribution in [0.3, 0.4) is 0 Å². The summed E-state index contributed by atoms with van der Waals surface area (Å²) in [6.07, 6.45) is 0. The monoisotopic (exact) mass is 312 g/mol. The zero-order valence-electron chi connectivity index (χ0n) is 11.9. The van der Waals surface area contributed by atoms with Gasteiger partial charge in [-0.25, -0.2) is 4.57 Å². The highest BCUT2D eigenvalue weighted by molar-refractivity contribution is 6.30. The molecule has 0 spiro atoms. The molecular weight excluding hydrogens is 298 g/mol. The zero-order chi connectivity index (χ0) is 15.1. The Labute approximate surface area is 132 Å². The van der Waals surface area contributed by atoms with Crippen LogP contribution in [-0.2, 0) is 13.1 Å². The van der Waals surface area contributed by atoms with Crippen molar-refractivity contribution >= 4 is 28.5 Å². The van der Waals surface area contributed by atoms with Crippen LogP contribution in [0.15, 0.2) is 53.3 Å². The van der Waals surface area contributed by atoms with E-state index in [1.807, 2.05) is 53.1 Å². The molecule has 2 heterocycles. The molecule has 0 radical (unpaired) electrons. The van der Waals surface area contributed by atoms with E-state index >= 15 is 0 Å². The van der Waals surface area contributed by atoms with Crippen LogP contribution in [-0.4, -0.2) is 11.1 Å². The first kappa shape index (κ1) is 13.3. The van der Waals surface area contributed by atoms with Crippen LogP contribution in [0.5, 0.6) is 0 Å². The third-order valence-corrected chi connectivity index (χ3v) is 4.31. The predicted octanol–water partition coefficient (Wildman–Crippen LogP) is 2.42. The molecule has 0 aliphatic carbocycles. The molecule has 0 unspecified atom stereocenters. The van der Waals surface area contributed by atoms with Crippen LogP contribution in [0.1, 0.15) is 5.56 Å². The fourth-order valence-corrected chi connectivity index (χ4v) is 3.13. The zero-order valence-corrected chi connectivity index (χ0v) is 12.7. The molecule has 2 aromatic carbocycles. The lowest BCUT2D eigenvalue weighted by atomic mass is 10.2. The van der Waals surface area contributed by atoms with Gasteiger partial charge in [0.2, 0.25) is 0 Å². The van der Waals surface area contributed by atoms with Crippen LogP contribution >= 0.6 is 11.6 Å². The van der Waals surface area contributed by atoms with E-state index in [0.717, 1.165) is 34.0 Å². The first-order valence-electron chi connectivity index (χ1n) is 7.28. The molecule has 0 atom stereocenters. The molecular formula is C17H15ClN3O+. The van der Waals surface area contributed by atoms with Crippen LogP contribution in [0, 0.1) is 0 Å². The van der Waals surface area contributed by atoms with E-state index in [1.165, 1.54) is 0 Å². The molecule has 22 heavy (non-hydrogen) atoms. The second-order valence-corrected chi connectivity index (χ2v) is 5.87. The standard InChI is InChI=1S/C17H14ClN3O/c18-13-7-5-12(6-8-13)11-21-15-4-2-1-3-14(15)16(22)20-10-9-19-17(20)21/h1-8H,9-11H2/p+1. The third-order valence-electron chi connectivity index (χ3n) is 4.05. The molecule has 1 aromatic heterocycles.